The van der Waals surface area contributed by atoms with Gasteiger partial charge in [0.05, 0.1) is 6.10 Å². The zero-order chi connectivity index (χ0) is 6.53. The van der Waals surface area contributed by atoms with E-state index >= 15 is 0 Å². The van der Waals surface area contributed by atoms with E-state index in [2.05, 4.69) is 5.32 Å². The molecule has 0 aromatic heterocycles. The predicted molar refractivity (Wildman–Crippen MR) is 34.2 cm³/mol. The molecule has 0 amide bonds. The van der Waals surface area contributed by atoms with Gasteiger partial charge in [-0.3, -0.25) is 0 Å². The number of rotatable bonds is 3. The molecule has 0 aliphatic carbocycles. The molecule has 1 rings (SSSR count). The molecule has 0 bridgehead atoms. The molecule has 0 aromatic carbocycles. The Morgan fingerprint density at radius 2 is 2.56 bits per heavy atom. The van der Waals surface area contributed by atoms with Gasteiger partial charge in [-0.05, 0) is 13.0 Å². The highest BCUT2D eigenvalue weighted by molar-refractivity contribution is 4.69. The molecule has 1 fully saturated rings. The lowest BCUT2D eigenvalue weighted by Gasteiger charge is -2.07. The fraction of sp³-hybridized carbons (Fsp3) is 1.00. The van der Waals surface area contributed by atoms with Crippen LogP contribution in [0.5, 0.6) is 0 Å². The topological polar surface area (TPSA) is 30.5 Å². The molecule has 54 valence electrons. The standard InChI is InChI=1S/C6H13NO2/c1-8-5-9-6-2-3-7-4-6/h6-7H,2-5H2,1H3. The van der Waals surface area contributed by atoms with Crippen LogP contribution >= 0.6 is 0 Å². The minimum absolute atomic E-state index is 0.380. The van der Waals surface area contributed by atoms with Crippen LogP contribution < -0.4 is 5.32 Å². The van der Waals surface area contributed by atoms with Crippen molar-refractivity contribution in [3.63, 3.8) is 0 Å². The third-order valence-electron chi connectivity index (χ3n) is 1.44. The summed E-state index contributed by atoms with van der Waals surface area (Å²) in [6, 6.07) is 0. The molecule has 3 nitrogen and oxygen atoms in total. The Hall–Kier alpha value is -0.120. The number of hydrogen-bond donors (Lipinski definition) is 1. The molecule has 0 radical (unpaired) electrons. The lowest BCUT2D eigenvalue weighted by atomic mass is 10.3. The van der Waals surface area contributed by atoms with Gasteiger partial charge in [0.2, 0.25) is 0 Å². The van der Waals surface area contributed by atoms with Gasteiger partial charge in [0.1, 0.15) is 6.79 Å². The van der Waals surface area contributed by atoms with Gasteiger partial charge in [-0.1, -0.05) is 0 Å². The van der Waals surface area contributed by atoms with Crippen LogP contribution in [0, 0.1) is 0 Å². The van der Waals surface area contributed by atoms with Crippen LogP contribution in [0.25, 0.3) is 0 Å². The van der Waals surface area contributed by atoms with E-state index in [9.17, 15) is 0 Å². The van der Waals surface area contributed by atoms with E-state index < -0.39 is 0 Å². The van der Waals surface area contributed by atoms with Crippen molar-refractivity contribution in [2.45, 2.75) is 12.5 Å². The summed E-state index contributed by atoms with van der Waals surface area (Å²) < 4.78 is 10.0. The molecule has 0 saturated carbocycles. The third kappa shape index (κ3) is 2.30. The Bertz CT molecular complexity index is 71.5. The summed E-state index contributed by atoms with van der Waals surface area (Å²) in [5.74, 6) is 0. The summed E-state index contributed by atoms with van der Waals surface area (Å²) in [5, 5.41) is 3.20. The van der Waals surface area contributed by atoms with Gasteiger partial charge < -0.3 is 14.8 Å². The molecule has 9 heavy (non-hydrogen) atoms. The molecule has 1 unspecified atom stereocenters. The third-order valence-corrected chi connectivity index (χ3v) is 1.44. The second kappa shape index (κ2) is 3.82. The molecular weight excluding hydrogens is 118 g/mol. The Morgan fingerprint density at radius 1 is 1.67 bits per heavy atom. The van der Waals surface area contributed by atoms with E-state index in [4.69, 9.17) is 9.47 Å². The fourth-order valence-corrected chi connectivity index (χ4v) is 0.935. The highest BCUT2D eigenvalue weighted by Crippen LogP contribution is 2.01. The fourth-order valence-electron chi connectivity index (χ4n) is 0.935. The van der Waals surface area contributed by atoms with Crippen molar-refractivity contribution >= 4 is 0 Å². The van der Waals surface area contributed by atoms with Crippen LogP contribution in [0.4, 0.5) is 0 Å². The molecule has 1 saturated heterocycles. The first kappa shape index (κ1) is 6.99. The first-order chi connectivity index (χ1) is 4.43. The smallest absolute Gasteiger partial charge is 0.146 e. The molecular formula is C6H13NO2. The Labute approximate surface area is 55.3 Å². The van der Waals surface area contributed by atoms with E-state index in [1.165, 1.54) is 0 Å². The summed E-state index contributed by atoms with van der Waals surface area (Å²) in [6.07, 6.45) is 1.49. The van der Waals surface area contributed by atoms with Gasteiger partial charge >= 0.3 is 0 Å². The lowest BCUT2D eigenvalue weighted by molar-refractivity contribution is -0.0642. The van der Waals surface area contributed by atoms with E-state index in [1.54, 1.807) is 7.11 Å². The van der Waals surface area contributed by atoms with Gasteiger partial charge in [0, 0.05) is 13.7 Å². The monoisotopic (exact) mass is 131 g/mol. The number of ether oxygens (including phenoxy) is 2. The summed E-state index contributed by atoms with van der Waals surface area (Å²) in [7, 11) is 1.64. The summed E-state index contributed by atoms with van der Waals surface area (Å²) in [6.45, 7) is 2.48. The summed E-state index contributed by atoms with van der Waals surface area (Å²) in [4.78, 5) is 0. The highest BCUT2D eigenvalue weighted by atomic mass is 16.7. The van der Waals surface area contributed by atoms with Crippen LogP contribution in [0.2, 0.25) is 0 Å². The Morgan fingerprint density at radius 3 is 3.11 bits per heavy atom. The van der Waals surface area contributed by atoms with Crippen molar-refractivity contribution < 1.29 is 9.47 Å². The molecule has 1 atom stereocenters. The van der Waals surface area contributed by atoms with E-state index in [0.717, 1.165) is 19.5 Å². The molecule has 1 aliphatic rings. The number of methoxy groups -OCH3 is 1. The Kier molecular flexibility index (Phi) is 2.97. The first-order valence-corrected chi connectivity index (χ1v) is 3.24. The second-order valence-corrected chi connectivity index (χ2v) is 2.19. The SMILES string of the molecule is COCOC1CCNC1. The zero-order valence-corrected chi connectivity index (χ0v) is 5.72. The average molecular weight is 131 g/mol. The normalized spacial score (nSPS) is 27.0. The van der Waals surface area contributed by atoms with E-state index in [-0.39, 0.29) is 0 Å². The highest BCUT2D eigenvalue weighted by Gasteiger charge is 2.13. The van der Waals surface area contributed by atoms with Crippen LogP contribution in [0.3, 0.4) is 0 Å². The maximum absolute atomic E-state index is 5.27. The van der Waals surface area contributed by atoms with Gasteiger partial charge in [0.15, 0.2) is 0 Å². The van der Waals surface area contributed by atoms with Crippen LogP contribution in [-0.2, 0) is 9.47 Å². The van der Waals surface area contributed by atoms with Crippen molar-refractivity contribution in [3.8, 4) is 0 Å². The Balaban J connectivity index is 1.98. The molecule has 1 N–H and O–H groups in total. The van der Waals surface area contributed by atoms with Crippen LogP contribution in [-0.4, -0.2) is 33.1 Å². The maximum Gasteiger partial charge on any atom is 0.146 e. The van der Waals surface area contributed by atoms with Gasteiger partial charge in [0.25, 0.3) is 0 Å². The largest absolute Gasteiger partial charge is 0.359 e. The number of hydrogen-bond acceptors (Lipinski definition) is 3. The summed E-state index contributed by atoms with van der Waals surface area (Å²) in [5.41, 5.74) is 0. The van der Waals surface area contributed by atoms with Gasteiger partial charge in [-0.25, -0.2) is 0 Å². The average Bonchev–Trinajstić information content (AvgIpc) is 2.34. The minimum atomic E-state index is 0.380. The van der Waals surface area contributed by atoms with Crippen LogP contribution in [0.15, 0.2) is 0 Å². The quantitative estimate of drug-likeness (QED) is 0.545. The second-order valence-electron chi connectivity index (χ2n) is 2.19. The van der Waals surface area contributed by atoms with Crippen molar-refractivity contribution in [1.29, 1.82) is 0 Å². The first-order valence-electron chi connectivity index (χ1n) is 3.24. The predicted octanol–water partition coefficient (Wildman–Crippen LogP) is -0.0312. The molecule has 0 spiro atoms. The van der Waals surface area contributed by atoms with Crippen molar-refractivity contribution in [1.82, 2.24) is 5.32 Å². The zero-order valence-electron chi connectivity index (χ0n) is 5.72. The molecule has 1 heterocycles. The van der Waals surface area contributed by atoms with Gasteiger partial charge in [-0.15, -0.1) is 0 Å². The molecule has 1 aliphatic heterocycles. The van der Waals surface area contributed by atoms with E-state index in [1.807, 2.05) is 0 Å². The maximum atomic E-state index is 5.27. The number of nitrogens with one attached hydrogen (secondary N) is 1. The van der Waals surface area contributed by atoms with Crippen LogP contribution in [0.1, 0.15) is 6.42 Å². The lowest BCUT2D eigenvalue weighted by Crippen LogP contribution is -2.17. The molecule has 0 aromatic rings. The van der Waals surface area contributed by atoms with Crippen molar-refractivity contribution in [2.24, 2.45) is 0 Å². The van der Waals surface area contributed by atoms with Gasteiger partial charge in [-0.2, -0.15) is 0 Å². The summed E-state index contributed by atoms with van der Waals surface area (Å²) >= 11 is 0. The van der Waals surface area contributed by atoms with Crippen molar-refractivity contribution in [2.75, 3.05) is 27.0 Å². The van der Waals surface area contributed by atoms with E-state index in [0.29, 0.717) is 12.9 Å². The molecule has 3 heteroatoms. The minimum Gasteiger partial charge on any atom is -0.359 e. The van der Waals surface area contributed by atoms with Crippen molar-refractivity contribution in [3.05, 3.63) is 0 Å².